The molecular formula is C30H42N4O6. The van der Waals surface area contributed by atoms with Gasteiger partial charge in [0, 0.05) is 24.4 Å². The minimum atomic E-state index is -1.17. The van der Waals surface area contributed by atoms with Gasteiger partial charge in [-0.05, 0) is 69.3 Å². The summed E-state index contributed by atoms with van der Waals surface area (Å²) in [7, 11) is 0. The van der Waals surface area contributed by atoms with Crippen LogP contribution < -0.4 is 21.3 Å². The van der Waals surface area contributed by atoms with Crippen LogP contribution in [0.3, 0.4) is 0 Å². The van der Waals surface area contributed by atoms with Gasteiger partial charge >= 0.3 is 6.09 Å². The number of alkyl carbamates (subject to hydrolysis) is 1. The summed E-state index contributed by atoms with van der Waals surface area (Å²) in [5.41, 5.74) is 1.19. The second kappa shape index (κ2) is 13.8. The van der Waals surface area contributed by atoms with Crippen LogP contribution in [0.2, 0.25) is 0 Å². The van der Waals surface area contributed by atoms with Crippen LogP contribution in [0.1, 0.15) is 70.8 Å². The van der Waals surface area contributed by atoms with Crippen LogP contribution in [0.15, 0.2) is 30.3 Å². The number of amides is 4. The number of ether oxygens (including phenoxy) is 1. The number of Topliss-reactive ketones (excluding diaryl/α,β-unsaturated/α-hetero) is 1. The zero-order chi connectivity index (χ0) is 28.6. The first-order valence-corrected chi connectivity index (χ1v) is 14.6. The number of ketones is 1. The van der Waals surface area contributed by atoms with Gasteiger partial charge in [-0.2, -0.15) is 0 Å². The van der Waals surface area contributed by atoms with Gasteiger partial charge in [-0.25, -0.2) is 4.79 Å². The molecule has 0 radical (unpaired) electrons. The Bertz CT molecular complexity index is 1070. The Balaban J connectivity index is 1.39. The van der Waals surface area contributed by atoms with Crippen molar-refractivity contribution in [1.29, 1.82) is 0 Å². The number of rotatable bonds is 13. The summed E-state index contributed by atoms with van der Waals surface area (Å²) in [6, 6.07) is 7.95. The van der Waals surface area contributed by atoms with Gasteiger partial charge in [0.15, 0.2) is 0 Å². The predicted octanol–water partition coefficient (Wildman–Crippen LogP) is 2.40. The molecule has 0 spiro atoms. The number of carbonyl (C=O) groups is 5. The molecule has 4 rings (SSSR count). The zero-order valence-corrected chi connectivity index (χ0v) is 23.4. The highest BCUT2D eigenvalue weighted by Crippen LogP contribution is 2.31. The van der Waals surface area contributed by atoms with E-state index in [1.807, 2.05) is 32.0 Å². The van der Waals surface area contributed by atoms with Gasteiger partial charge in [-0.3, -0.25) is 19.2 Å². The van der Waals surface area contributed by atoms with Gasteiger partial charge in [0.05, 0.1) is 6.04 Å². The highest BCUT2D eigenvalue weighted by molar-refractivity contribution is 6.38. The molecule has 2 aliphatic carbocycles. The van der Waals surface area contributed by atoms with Crippen molar-refractivity contribution in [2.45, 2.75) is 95.9 Å². The van der Waals surface area contributed by atoms with Gasteiger partial charge in [0.1, 0.15) is 12.1 Å². The minimum Gasteiger partial charge on any atom is -0.446 e. The maximum atomic E-state index is 13.4. The van der Waals surface area contributed by atoms with E-state index in [1.165, 1.54) is 5.56 Å². The Hall–Kier alpha value is -3.43. The fraction of sp³-hybridized carbons (Fsp3) is 0.633. The highest BCUT2D eigenvalue weighted by atomic mass is 16.6. The van der Waals surface area contributed by atoms with Crippen molar-refractivity contribution in [2.75, 3.05) is 6.54 Å². The lowest BCUT2D eigenvalue weighted by Gasteiger charge is -2.26. The molecule has 0 aromatic heterocycles. The third-order valence-electron chi connectivity index (χ3n) is 7.96. The van der Waals surface area contributed by atoms with Crippen LogP contribution in [0.4, 0.5) is 4.79 Å². The molecule has 10 heteroatoms. The Kier molecular flexibility index (Phi) is 10.2. The molecule has 2 saturated carbocycles. The predicted molar refractivity (Wildman–Crippen MR) is 148 cm³/mol. The third kappa shape index (κ3) is 8.53. The van der Waals surface area contributed by atoms with Gasteiger partial charge < -0.3 is 26.0 Å². The maximum Gasteiger partial charge on any atom is 0.408 e. The standard InChI is InChI=1S/C30H42N4O6/c1-18(2)15-24(34-30(39)40-25-10-6-9-20(25)16-19-7-4-3-5-8-19)28(37)33-23(17-21-13-14-31-27(21)36)26(35)29(38)32-22-11-12-22/h3-5,7-8,18,20-25H,6,9-17H2,1-2H3,(H,31,36)(H,32,38)(H,33,37)(H,34,39). The molecular weight excluding hydrogens is 512 g/mol. The minimum absolute atomic E-state index is 0.0194. The number of benzene rings is 1. The maximum absolute atomic E-state index is 13.4. The fourth-order valence-corrected chi connectivity index (χ4v) is 5.63. The Labute approximate surface area is 235 Å². The molecule has 1 heterocycles. The van der Waals surface area contributed by atoms with Crippen molar-refractivity contribution in [3.8, 4) is 0 Å². The van der Waals surface area contributed by atoms with Crippen LogP contribution in [0.25, 0.3) is 0 Å². The molecule has 4 N–H and O–H groups in total. The smallest absolute Gasteiger partial charge is 0.408 e. The monoisotopic (exact) mass is 554 g/mol. The fourth-order valence-electron chi connectivity index (χ4n) is 5.63. The van der Waals surface area contributed by atoms with Crippen molar-refractivity contribution in [1.82, 2.24) is 21.3 Å². The van der Waals surface area contributed by atoms with Gasteiger partial charge in [0.2, 0.25) is 17.6 Å². The number of carbonyl (C=O) groups excluding carboxylic acids is 5. The molecule has 5 unspecified atom stereocenters. The molecule has 1 saturated heterocycles. The molecule has 5 atom stereocenters. The number of hydrogen-bond donors (Lipinski definition) is 4. The molecule has 218 valence electrons. The Morgan fingerprint density at radius 3 is 2.38 bits per heavy atom. The largest absolute Gasteiger partial charge is 0.446 e. The molecule has 1 aromatic rings. The van der Waals surface area contributed by atoms with Crippen LogP contribution in [0, 0.1) is 17.8 Å². The van der Waals surface area contributed by atoms with Crippen LogP contribution in [0.5, 0.6) is 0 Å². The Morgan fingerprint density at radius 1 is 0.975 bits per heavy atom. The highest BCUT2D eigenvalue weighted by Gasteiger charge is 2.38. The van der Waals surface area contributed by atoms with Crippen molar-refractivity contribution < 1.29 is 28.7 Å². The summed E-state index contributed by atoms with van der Waals surface area (Å²) >= 11 is 0. The van der Waals surface area contributed by atoms with E-state index in [1.54, 1.807) is 0 Å². The molecule has 4 amide bonds. The van der Waals surface area contributed by atoms with E-state index in [0.717, 1.165) is 38.5 Å². The molecule has 1 aromatic carbocycles. The first kappa shape index (κ1) is 29.6. The van der Waals surface area contributed by atoms with E-state index in [2.05, 4.69) is 33.4 Å². The van der Waals surface area contributed by atoms with E-state index in [9.17, 15) is 24.0 Å². The molecule has 3 fully saturated rings. The molecule has 10 nitrogen and oxygen atoms in total. The quantitative estimate of drug-likeness (QED) is 0.276. The van der Waals surface area contributed by atoms with Crippen LogP contribution >= 0.6 is 0 Å². The first-order valence-electron chi connectivity index (χ1n) is 14.6. The van der Waals surface area contributed by atoms with Crippen molar-refractivity contribution in [3.63, 3.8) is 0 Å². The lowest BCUT2D eigenvalue weighted by Crippen LogP contribution is -2.55. The molecule has 3 aliphatic rings. The SMILES string of the molecule is CC(C)CC(NC(=O)OC1CCCC1Cc1ccccc1)C(=O)NC(CC1CCNC1=O)C(=O)C(=O)NC1CC1. The average Bonchev–Trinajstić information content (AvgIpc) is 3.49. The van der Waals surface area contributed by atoms with Crippen LogP contribution in [-0.2, 0) is 30.3 Å². The zero-order valence-electron chi connectivity index (χ0n) is 23.4. The van der Waals surface area contributed by atoms with E-state index in [4.69, 9.17) is 4.74 Å². The van der Waals surface area contributed by atoms with Crippen molar-refractivity contribution in [3.05, 3.63) is 35.9 Å². The summed E-state index contributed by atoms with van der Waals surface area (Å²) in [6.45, 7) is 4.34. The summed E-state index contributed by atoms with van der Waals surface area (Å²) in [5, 5.41) is 10.8. The normalized spacial score (nSPS) is 23.7. The summed E-state index contributed by atoms with van der Waals surface area (Å²) in [6.07, 6.45) is 5.09. The second-order valence-electron chi connectivity index (χ2n) is 11.8. The summed E-state index contributed by atoms with van der Waals surface area (Å²) in [5.74, 6) is -2.53. The van der Waals surface area contributed by atoms with Gasteiger partial charge in [-0.1, -0.05) is 44.2 Å². The average molecular weight is 555 g/mol. The summed E-state index contributed by atoms with van der Waals surface area (Å²) < 4.78 is 5.81. The molecule has 1 aliphatic heterocycles. The lowest BCUT2D eigenvalue weighted by molar-refractivity contribution is -0.141. The number of nitrogens with one attached hydrogen (secondary N) is 4. The van der Waals surface area contributed by atoms with E-state index in [-0.39, 0.29) is 36.3 Å². The Morgan fingerprint density at radius 2 is 1.73 bits per heavy atom. The first-order chi connectivity index (χ1) is 19.2. The third-order valence-corrected chi connectivity index (χ3v) is 7.96. The van der Waals surface area contributed by atoms with E-state index in [0.29, 0.717) is 19.4 Å². The van der Waals surface area contributed by atoms with Crippen molar-refractivity contribution >= 4 is 29.6 Å². The molecule has 0 bridgehead atoms. The lowest BCUT2D eigenvalue weighted by atomic mass is 9.94. The van der Waals surface area contributed by atoms with Gasteiger partial charge in [-0.15, -0.1) is 0 Å². The topological polar surface area (TPSA) is 143 Å². The van der Waals surface area contributed by atoms with Gasteiger partial charge in [0.25, 0.3) is 5.91 Å². The number of hydrogen-bond acceptors (Lipinski definition) is 6. The molecule has 40 heavy (non-hydrogen) atoms. The summed E-state index contributed by atoms with van der Waals surface area (Å²) in [4.78, 5) is 64.2. The van der Waals surface area contributed by atoms with Crippen molar-refractivity contribution in [2.24, 2.45) is 17.8 Å². The van der Waals surface area contributed by atoms with Crippen LogP contribution in [-0.4, -0.2) is 60.4 Å². The van der Waals surface area contributed by atoms with E-state index >= 15 is 0 Å². The second-order valence-corrected chi connectivity index (χ2v) is 11.8. The van der Waals surface area contributed by atoms with E-state index < -0.39 is 41.7 Å².